The monoisotopic (exact) mass is 476 g/mol. The van der Waals surface area contributed by atoms with Gasteiger partial charge in [-0.2, -0.15) is 0 Å². The lowest BCUT2D eigenvalue weighted by Crippen LogP contribution is -2.33. The summed E-state index contributed by atoms with van der Waals surface area (Å²) >= 11 is 9.22. The number of ether oxygens (including phenoxy) is 1. The van der Waals surface area contributed by atoms with Gasteiger partial charge in [-0.25, -0.2) is 9.97 Å². The number of piperidine rings is 1. The summed E-state index contributed by atoms with van der Waals surface area (Å²) in [5.41, 5.74) is 1.36. The number of hydrogen-bond acceptors (Lipinski definition) is 7. The predicted molar refractivity (Wildman–Crippen MR) is 129 cm³/mol. The van der Waals surface area contributed by atoms with E-state index in [9.17, 15) is 4.79 Å². The molecule has 0 atom stereocenters. The van der Waals surface area contributed by atoms with E-state index in [1.807, 2.05) is 12.1 Å². The number of pyridine rings is 1. The minimum atomic E-state index is -0.238. The van der Waals surface area contributed by atoms with Gasteiger partial charge in [0.25, 0.3) is 5.91 Å². The Morgan fingerprint density at radius 2 is 2.10 bits per heavy atom. The highest BCUT2D eigenvalue weighted by Crippen LogP contribution is 2.43. The Kier molecular flexibility index (Phi) is 7.09. The molecule has 1 amide bonds. The van der Waals surface area contributed by atoms with Gasteiger partial charge >= 0.3 is 0 Å². The van der Waals surface area contributed by atoms with Crippen molar-refractivity contribution in [2.45, 2.75) is 32.6 Å². The molecule has 1 fully saturated rings. The lowest BCUT2D eigenvalue weighted by Gasteiger charge is -2.32. The SMILES string of the molecule is CCCC1CCN(c2sc(NC(=O)c3ccnc(OC)c3)nc2-c2ccc(Cl)s2)CC1. The van der Waals surface area contributed by atoms with Crippen molar-refractivity contribution in [3.8, 4) is 16.5 Å². The van der Waals surface area contributed by atoms with Gasteiger partial charge in [0.2, 0.25) is 5.88 Å². The van der Waals surface area contributed by atoms with Crippen LogP contribution in [-0.4, -0.2) is 36.1 Å². The van der Waals surface area contributed by atoms with Crippen molar-refractivity contribution in [1.29, 1.82) is 0 Å². The number of rotatable bonds is 7. The normalized spacial score (nSPS) is 14.6. The Balaban J connectivity index is 1.58. The van der Waals surface area contributed by atoms with E-state index in [-0.39, 0.29) is 5.91 Å². The second-order valence-corrected chi connectivity index (χ2v) is 10.2. The molecule has 0 spiro atoms. The van der Waals surface area contributed by atoms with Crippen LogP contribution in [0.5, 0.6) is 5.88 Å². The molecule has 0 saturated carbocycles. The molecule has 31 heavy (non-hydrogen) atoms. The number of nitrogens with one attached hydrogen (secondary N) is 1. The summed E-state index contributed by atoms with van der Waals surface area (Å²) in [7, 11) is 1.53. The maximum Gasteiger partial charge on any atom is 0.257 e. The van der Waals surface area contributed by atoms with Crippen LogP contribution in [0.4, 0.5) is 10.1 Å². The highest BCUT2D eigenvalue weighted by atomic mass is 35.5. The third-order valence-electron chi connectivity index (χ3n) is 5.44. The highest BCUT2D eigenvalue weighted by molar-refractivity contribution is 7.22. The Bertz CT molecular complexity index is 1040. The van der Waals surface area contributed by atoms with Crippen LogP contribution in [0.25, 0.3) is 10.6 Å². The number of hydrogen-bond donors (Lipinski definition) is 1. The molecule has 1 aliphatic rings. The van der Waals surface area contributed by atoms with Crippen LogP contribution in [0.3, 0.4) is 0 Å². The molecule has 1 saturated heterocycles. The zero-order valence-electron chi connectivity index (χ0n) is 17.6. The van der Waals surface area contributed by atoms with Gasteiger partial charge in [-0.3, -0.25) is 10.1 Å². The number of nitrogens with zero attached hydrogens (tertiary/aromatic N) is 3. The number of carbonyl (C=O) groups is 1. The Morgan fingerprint density at radius 1 is 1.29 bits per heavy atom. The molecule has 0 radical (unpaired) electrons. The van der Waals surface area contributed by atoms with Gasteiger partial charge in [0, 0.05) is 30.9 Å². The lowest BCUT2D eigenvalue weighted by molar-refractivity contribution is 0.102. The van der Waals surface area contributed by atoms with Gasteiger partial charge in [0.15, 0.2) is 5.13 Å². The zero-order valence-corrected chi connectivity index (χ0v) is 19.9. The number of amides is 1. The van der Waals surface area contributed by atoms with E-state index >= 15 is 0 Å². The van der Waals surface area contributed by atoms with Gasteiger partial charge in [-0.15, -0.1) is 11.3 Å². The van der Waals surface area contributed by atoms with Crippen LogP contribution in [-0.2, 0) is 0 Å². The van der Waals surface area contributed by atoms with Crippen LogP contribution >= 0.6 is 34.3 Å². The summed E-state index contributed by atoms with van der Waals surface area (Å²) in [5, 5.41) is 4.61. The molecule has 4 rings (SSSR count). The van der Waals surface area contributed by atoms with Gasteiger partial charge < -0.3 is 9.64 Å². The molecule has 6 nitrogen and oxygen atoms in total. The Labute approximate surface area is 195 Å². The van der Waals surface area contributed by atoms with E-state index in [2.05, 4.69) is 22.1 Å². The molecule has 3 aromatic heterocycles. The molecular weight excluding hydrogens is 452 g/mol. The van der Waals surface area contributed by atoms with Gasteiger partial charge in [-0.1, -0.05) is 42.7 Å². The number of aromatic nitrogens is 2. The molecule has 4 heterocycles. The van der Waals surface area contributed by atoms with E-state index in [1.165, 1.54) is 55.5 Å². The smallest absolute Gasteiger partial charge is 0.257 e. The molecule has 164 valence electrons. The van der Waals surface area contributed by atoms with Gasteiger partial charge in [-0.05, 0) is 37.0 Å². The molecule has 0 aromatic carbocycles. The molecule has 0 aliphatic carbocycles. The fraction of sp³-hybridized carbons (Fsp3) is 0.409. The maximum atomic E-state index is 12.8. The van der Waals surface area contributed by atoms with Crippen molar-refractivity contribution < 1.29 is 9.53 Å². The molecule has 9 heteroatoms. The first kappa shape index (κ1) is 22.0. The van der Waals surface area contributed by atoms with Crippen LogP contribution < -0.4 is 15.0 Å². The van der Waals surface area contributed by atoms with Crippen LogP contribution in [0.15, 0.2) is 30.5 Å². The van der Waals surface area contributed by atoms with E-state index in [0.717, 1.165) is 38.9 Å². The molecule has 3 aromatic rings. The topological polar surface area (TPSA) is 67.4 Å². The second kappa shape index (κ2) is 9.97. The predicted octanol–water partition coefficient (Wildman–Crippen LogP) is 6.20. The molecule has 0 unspecified atom stereocenters. The van der Waals surface area contributed by atoms with Crippen LogP contribution in [0.1, 0.15) is 43.0 Å². The molecule has 1 N–H and O–H groups in total. The lowest BCUT2D eigenvalue weighted by atomic mass is 9.92. The maximum absolute atomic E-state index is 12.8. The summed E-state index contributed by atoms with van der Waals surface area (Å²) in [5.74, 6) is 0.962. The molecule has 0 bridgehead atoms. The summed E-state index contributed by atoms with van der Waals surface area (Å²) in [6, 6.07) is 7.15. The summed E-state index contributed by atoms with van der Waals surface area (Å²) in [6.07, 6.45) is 6.46. The average Bonchev–Trinajstić information content (AvgIpc) is 3.40. The Hall–Kier alpha value is -2.16. The van der Waals surface area contributed by atoms with Gasteiger partial charge in [0.1, 0.15) is 10.7 Å². The first-order valence-electron chi connectivity index (χ1n) is 10.4. The highest BCUT2D eigenvalue weighted by Gasteiger charge is 2.25. The number of thiazole rings is 1. The van der Waals surface area contributed by atoms with Crippen molar-refractivity contribution in [3.63, 3.8) is 0 Å². The minimum Gasteiger partial charge on any atom is -0.481 e. The van der Waals surface area contributed by atoms with E-state index < -0.39 is 0 Å². The quantitative estimate of drug-likeness (QED) is 0.439. The number of thiophene rings is 1. The number of halogens is 1. The summed E-state index contributed by atoms with van der Waals surface area (Å²) in [6.45, 7) is 4.27. The number of anilines is 2. The van der Waals surface area contributed by atoms with Crippen molar-refractivity contribution in [2.75, 3.05) is 30.4 Å². The summed E-state index contributed by atoms with van der Waals surface area (Å²) in [4.78, 5) is 25.0. The fourth-order valence-corrected chi connectivity index (χ4v) is 5.97. The van der Waals surface area contributed by atoms with Crippen molar-refractivity contribution >= 4 is 50.3 Å². The minimum absolute atomic E-state index is 0.238. The zero-order chi connectivity index (χ0) is 21.8. The third-order valence-corrected chi connectivity index (χ3v) is 7.71. The molecule has 1 aliphatic heterocycles. The van der Waals surface area contributed by atoms with Crippen LogP contribution in [0, 0.1) is 5.92 Å². The van der Waals surface area contributed by atoms with Crippen molar-refractivity contribution in [1.82, 2.24) is 9.97 Å². The third kappa shape index (κ3) is 5.19. The van der Waals surface area contributed by atoms with E-state index in [4.69, 9.17) is 21.3 Å². The first-order chi connectivity index (χ1) is 15.1. The number of carbonyl (C=O) groups excluding carboxylic acids is 1. The first-order valence-corrected chi connectivity index (χ1v) is 12.4. The van der Waals surface area contributed by atoms with E-state index in [0.29, 0.717) is 16.6 Å². The summed E-state index contributed by atoms with van der Waals surface area (Å²) < 4.78 is 5.85. The Morgan fingerprint density at radius 3 is 2.77 bits per heavy atom. The number of methoxy groups -OCH3 is 1. The standard InChI is InChI=1S/C22H25ClN4O2S2/c1-3-4-14-8-11-27(12-9-14)21-19(16-5-6-17(23)30-16)25-22(31-21)26-20(28)15-7-10-24-18(13-15)29-2/h5-7,10,13-14H,3-4,8-9,11-12H2,1-2H3,(H,25,26,28). The fourth-order valence-electron chi connectivity index (χ4n) is 3.85. The van der Waals surface area contributed by atoms with Crippen molar-refractivity contribution in [2.24, 2.45) is 5.92 Å². The van der Waals surface area contributed by atoms with Crippen LogP contribution in [0.2, 0.25) is 4.34 Å². The average molecular weight is 477 g/mol. The largest absolute Gasteiger partial charge is 0.481 e. The van der Waals surface area contributed by atoms with E-state index in [1.54, 1.807) is 18.3 Å². The second-order valence-electron chi connectivity index (χ2n) is 7.54. The van der Waals surface area contributed by atoms with Gasteiger partial charge in [0.05, 0.1) is 16.3 Å². The van der Waals surface area contributed by atoms with Crippen molar-refractivity contribution in [3.05, 3.63) is 40.4 Å². The molecular formula is C22H25ClN4O2S2.